The number of aromatic nitrogens is 2. The van der Waals surface area contributed by atoms with Crippen LogP contribution in [0.25, 0.3) is 11.0 Å². The van der Waals surface area contributed by atoms with Crippen molar-refractivity contribution in [2.45, 2.75) is 39.9 Å². The largest absolute Gasteiger partial charge is 0.334 e. The molecule has 0 bridgehead atoms. The first-order valence-electron chi connectivity index (χ1n) is 9.93. The second-order valence-electron chi connectivity index (χ2n) is 7.16. The molecule has 29 heavy (non-hydrogen) atoms. The van der Waals surface area contributed by atoms with E-state index in [2.05, 4.69) is 5.32 Å². The minimum absolute atomic E-state index is 0.0253. The number of rotatable bonds is 6. The highest BCUT2D eigenvalue weighted by Crippen LogP contribution is 2.23. The summed E-state index contributed by atoms with van der Waals surface area (Å²) in [6.45, 7) is 5.94. The van der Waals surface area contributed by atoms with Crippen molar-refractivity contribution in [3.8, 4) is 0 Å². The van der Waals surface area contributed by atoms with E-state index in [1.165, 1.54) is 0 Å². The molecule has 2 heterocycles. The SMILES string of the molecule is CCn1c(=O)n(CC)c2cc(NC(=O)CCN3Cc4ccccc4C3=O)ccc21. The van der Waals surface area contributed by atoms with Crippen LogP contribution in [0, 0.1) is 0 Å². The van der Waals surface area contributed by atoms with Crippen molar-refractivity contribution >= 4 is 28.5 Å². The lowest BCUT2D eigenvalue weighted by atomic mass is 10.1. The van der Waals surface area contributed by atoms with Crippen LogP contribution < -0.4 is 11.0 Å². The van der Waals surface area contributed by atoms with E-state index in [0.717, 1.165) is 22.2 Å². The fourth-order valence-corrected chi connectivity index (χ4v) is 3.96. The molecule has 0 spiro atoms. The lowest BCUT2D eigenvalue weighted by Crippen LogP contribution is -2.28. The van der Waals surface area contributed by atoms with Crippen molar-refractivity contribution in [2.24, 2.45) is 0 Å². The second kappa shape index (κ2) is 7.58. The number of benzene rings is 2. The Hall–Kier alpha value is -3.35. The van der Waals surface area contributed by atoms with E-state index in [9.17, 15) is 14.4 Å². The van der Waals surface area contributed by atoms with Crippen LogP contribution in [-0.2, 0) is 24.4 Å². The Kier molecular flexibility index (Phi) is 4.96. The summed E-state index contributed by atoms with van der Waals surface area (Å²) in [4.78, 5) is 39.0. The number of carbonyl (C=O) groups excluding carboxylic acids is 2. The van der Waals surface area contributed by atoms with Crippen LogP contribution in [0.15, 0.2) is 47.3 Å². The van der Waals surface area contributed by atoms with Gasteiger partial charge in [-0.1, -0.05) is 18.2 Å². The van der Waals surface area contributed by atoms with E-state index in [1.54, 1.807) is 14.0 Å². The van der Waals surface area contributed by atoms with Gasteiger partial charge in [0.2, 0.25) is 5.91 Å². The molecule has 1 aromatic heterocycles. The molecule has 0 saturated carbocycles. The Labute approximate surface area is 168 Å². The molecule has 7 heteroatoms. The Bertz CT molecular complexity index is 1160. The van der Waals surface area contributed by atoms with Crippen molar-refractivity contribution in [1.82, 2.24) is 14.0 Å². The monoisotopic (exact) mass is 392 g/mol. The summed E-state index contributed by atoms with van der Waals surface area (Å²) >= 11 is 0. The highest BCUT2D eigenvalue weighted by molar-refractivity contribution is 5.99. The molecule has 2 amide bonds. The van der Waals surface area contributed by atoms with Crippen molar-refractivity contribution in [3.05, 3.63) is 64.1 Å². The molecule has 0 fully saturated rings. The van der Waals surface area contributed by atoms with Gasteiger partial charge in [0.1, 0.15) is 0 Å². The molecule has 0 saturated heterocycles. The van der Waals surface area contributed by atoms with Crippen molar-refractivity contribution in [2.75, 3.05) is 11.9 Å². The molecular weight excluding hydrogens is 368 g/mol. The third-order valence-corrected chi connectivity index (χ3v) is 5.44. The summed E-state index contributed by atoms with van der Waals surface area (Å²) in [7, 11) is 0. The number of anilines is 1. The molecule has 4 rings (SSSR count). The molecule has 7 nitrogen and oxygen atoms in total. The summed E-state index contributed by atoms with van der Waals surface area (Å²) in [6.07, 6.45) is 0.217. The quantitative estimate of drug-likeness (QED) is 0.701. The number of imidazole rings is 1. The number of hydrogen-bond donors (Lipinski definition) is 1. The van der Waals surface area contributed by atoms with E-state index in [0.29, 0.717) is 31.9 Å². The maximum atomic E-state index is 12.5. The molecule has 0 radical (unpaired) electrons. The summed E-state index contributed by atoms with van der Waals surface area (Å²) in [5.41, 5.74) is 3.99. The second-order valence-corrected chi connectivity index (χ2v) is 7.16. The first-order chi connectivity index (χ1) is 14.0. The normalized spacial score (nSPS) is 13.2. The molecule has 2 aromatic carbocycles. The Morgan fingerprint density at radius 2 is 1.72 bits per heavy atom. The molecule has 1 N–H and O–H groups in total. The van der Waals surface area contributed by atoms with Gasteiger partial charge >= 0.3 is 5.69 Å². The van der Waals surface area contributed by atoms with Gasteiger partial charge in [-0.3, -0.25) is 18.7 Å². The number of fused-ring (bicyclic) bond motifs is 2. The van der Waals surface area contributed by atoms with Crippen LogP contribution in [0.5, 0.6) is 0 Å². The minimum atomic E-state index is -0.159. The standard InChI is InChI=1S/C22H24N4O3/c1-3-25-18-10-9-16(13-19(18)26(4-2)22(25)29)23-20(27)11-12-24-14-15-7-5-6-8-17(15)21(24)28/h5-10,13H,3-4,11-12,14H2,1-2H3,(H,23,27). The number of carbonyl (C=O) groups is 2. The van der Waals surface area contributed by atoms with Gasteiger partial charge in [-0.05, 0) is 43.7 Å². The molecular formula is C22H24N4O3. The molecule has 1 aliphatic heterocycles. The summed E-state index contributed by atoms with van der Waals surface area (Å²) < 4.78 is 3.43. The van der Waals surface area contributed by atoms with Crippen molar-refractivity contribution < 1.29 is 9.59 Å². The van der Waals surface area contributed by atoms with Crippen LogP contribution >= 0.6 is 0 Å². The molecule has 0 atom stereocenters. The van der Waals surface area contributed by atoms with Gasteiger partial charge in [0.15, 0.2) is 0 Å². The molecule has 150 valence electrons. The van der Waals surface area contributed by atoms with Crippen molar-refractivity contribution in [1.29, 1.82) is 0 Å². The maximum Gasteiger partial charge on any atom is 0.329 e. The lowest BCUT2D eigenvalue weighted by molar-refractivity contribution is -0.116. The zero-order valence-electron chi connectivity index (χ0n) is 16.6. The predicted molar refractivity (Wildman–Crippen MR) is 112 cm³/mol. The summed E-state index contributed by atoms with van der Waals surface area (Å²) in [5, 5.41) is 2.89. The van der Waals surface area contributed by atoms with Crippen LogP contribution in [0.2, 0.25) is 0 Å². The van der Waals surface area contributed by atoms with Crippen LogP contribution in [0.3, 0.4) is 0 Å². The van der Waals surface area contributed by atoms with E-state index in [-0.39, 0.29) is 23.9 Å². The van der Waals surface area contributed by atoms with Gasteiger partial charge in [0.05, 0.1) is 11.0 Å². The molecule has 1 aliphatic rings. The molecule has 0 unspecified atom stereocenters. The van der Waals surface area contributed by atoms with Gasteiger partial charge in [-0.15, -0.1) is 0 Å². The molecule has 3 aromatic rings. The smallest absolute Gasteiger partial charge is 0.329 e. The van der Waals surface area contributed by atoms with Crippen LogP contribution in [0.1, 0.15) is 36.2 Å². The van der Waals surface area contributed by atoms with Gasteiger partial charge in [-0.25, -0.2) is 4.79 Å². The first kappa shape index (κ1) is 19.0. The lowest BCUT2D eigenvalue weighted by Gasteiger charge is -2.15. The van der Waals surface area contributed by atoms with Gasteiger partial charge < -0.3 is 10.2 Å². The zero-order valence-corrected chi connectivity index (χ0v) is 16.6. The van der Waals surface area contributed by atoms with Gasteiger partial charge in [0, 0.05) is 43.9 Å². The van der Waals surface area contributed by atoms with E-state index in [1.807, 2.05) is 56.3 Å². The molecule has 0 aliphatic carbocycles. The van der Waals surface area contributed by atoms with Crippen molar-refractivity contribution in [3.63, 3.8) is 0 Å². The zero-order chi connectivity index (χ0) is 20.5. The predicted octanol–water partition coefficient (Wildman–Crippen LogP) is 2.83. The van der Waals surface area contributed by atoms with Gasteiger partial charge in [0.25, 0.3) is 5.91 Å². The Balaban J connectivity index is 1.44. The minimum Gasteiger partial charge on any atom is -0.334 e. The number of hydrogen-bond acceptors (Lipinski definition) is 3. The van der Waals surface area contributed by atoms with E-state index < -0.39 is 0 Å². The van der Waals surface area contributed by atoms with E-state index in [4.69, 9.17) is 0 Å². The average molecular weight is 392 g/mol. The number of amides is 2. The number of nitrogens with one attached hydrogen (secondary N) is 1. The summed E-state index contributed by atoms with van der Waals surface area (Å²) in [6, 6.07) is 13.0. The average Bonchev–Trinajstić information content (AvgIpc) is 3.19. The third-order valence-electron chi connectivity index (χ3n) is 5.44. The number of nitrogens with zero attached hydrogens (tertiary/aromatic N) is 3. The summed E-state index contributed by atoms with van der Waals surface area (Å²) in [5.74, 6) is -0.184. The fourth-order valence-electron chi connectivity index (χ4n) is 3.96. The maximum absolute atomic E-state index is 12.5. The first-order valence-corrected chi connectivity index (χ1v) is 9.93. The Morgan fingerprint density at radius 1 is 1.00 bits per heavy atom. The van der Waals surface area contributed by atoms with Crippen LogP contribution in [-0.4, -0.2) is 32.4 Å². The topological polar surface area (TPSA) is 76.3 Å². The fraction of sp³-hybridized carbons (Fsp3) is 0.318. The van der Waals surface area contributed by atoms with Gasteiger partial charge in [-0.2, -0.15) is 0 Å². The Morgan fingerprint density at radius 3 is 2.45 bits per heavy atom. The highest BCUT2D eigenvalue weighted by atomic mass is 16.2. The third kappa shape index (κ3) is 3.33. The highest BCUT2D eigenvalue weighted by Gasteiger charge is 2.26. The van der Waals surface area contributed by atoms with Crippen LogP contribution in [0.4, 0.5) is 5.69 Å². The number of aryl methyl sites for hydroxylation is 2. The van der Waals surface area contributed by atoms with E-state index >= 15 is 0 Å².